The molecule has 0 bridgehead atoms. The first kappa shape index (κ1) is 26.8. The van der Waals surface area contributed by atoms with Crippen molar-refractivity contribution in [2.45, 2.75) is 45.1 Å². The molecule has 2 heterocycles. The minimum absolute atomic E-state index is 0.216. The number of hydrogen-bond acceptors (Lipinski definition) is 8. The summed E-state index contributed by atoms with van der Waals surface area (Å²) in [6, 6.07) is 12.4. The van der Waals surface area contributed by atoms with E-state index in [1.54, 1.807) is 55.6 Å². The Kier molecular flexibility index (Phi) is 9.67. The maximum absolute atomic E-state index is 12.4. The summed E-state index contributed by atoms with van der Waals surface area (Å²) in [5.74, 6) is 4.93. The van der Waals surface area contributed by atoms with E-state index in [1.165, 1.54) is 25.6 Å². The van der Waals surface area contributed by atoms with E-state index in [-0.39, 0.29) is 17.4 Å². The molecule has 0 saturated heterocycles. The van der Waals surface area contributed by atoms with Gasteiger partial charge in [-0.2, -0.15) is 0 Å². The van der Waals surface area contributed by atoms with Crippen LogP contribution in [0.4, 0.5) is 17.5 Å². The number of anilines is 3. The van der Waals surface area contributed by atoms with Gasteiger partial charge in [0.05, 0.1) is 11.3 Å². The molecule has 2 aromatic heterocycles. The van der Waals surface area contributed by atoms with Gasteiger partial charge >= 0.3 is 0 Å². The van der Waals surface area contributed by atoms with Crippen LogP contribution in [0.5, 0.6) is 0 Å². The van der Waals surface area contributed by atoms with Gasteiger partial charge in [0.1, 0.15) is 23.8 Å². The van der Waals surface area contributed by atoms with E-state index >= 15 is 0 Å². The summed E-state index contributed by atoms with van der Waals surface area (Å²) in [7, 11) is 0. The first-order valence-electron chi connectivity index (χ1n) is 11.9. The molecule has 2 amide bonds. The van der Waals surface area contributed by atoms with Crippen molar-refractivity contribution < 1.29 is 9.59 Å². The molecule has 10 nitrogen and oxygen atoms in total. The fourth-order valence-corrected chi connectivity index (χ4v) is 3.88. The molecule has 1 aromatic carbocycles. The van der Waals surface area contributed by atoms with Crippen molar-refractivity contribution >= 4 is 35.0 Å². The summed E-state index contributed by atoms with van der Waals surface area (Å²) in [5.41, 5.74) is 12.5. The van der Waals surface area contributed by atoms with E-state index in [4.69, 9.17) is 11.1 Å². The number of nitrogen functional groups attached to an aromatic ring is 1. The summed E-state index contributed by atoms with van der Waals surface area (Å²) in [5, 5.41) is 14.9. The van der Waals surface area contributed by atoms with Crippen LogP contribution in [0.25, 0.3) is 0 Å². The highest BCUT2D eigenvalue weighted by Gasteiger charge is 2.20. The number of nitrogens with zero attached hydrogens (tertiary/aromatic N) is 3. The molecular weight excluding hydrogens is 468 g/mol. The smallest absolute Gasteiger partial charge is 0.293 e. The van der Waals surface area contributed by atoms with Crippen molar-refractivity contribution in [3.05, 3.63) is 71.7 Å². The second-order valence-corrected chi connectivity index (χ2v) is 8.32. The van der Waals surface area contributed by atoms with Crippen LogP contribution in [0, 0.1) is 17.3 Å². The third kappa shape index (κ3) is 7.86. The average molecular weight is 499 g/mol. The molecule has 7 N–H and O–H groups in total. The maximum Gasteiger partial charge on any atom is 0.293 e. The van der Waals surface area contributed by atoms with Gasteiger partial charge in [-0.05, 0) is 50.0 Å². The fourth-order valence-electron chi connectivity index (χ4n) is 3.88. The highest BCUT2D eigenvalue weighted by Crippen LogP contribution is 2.26. The minimum Gasteiger partial charge on any atom is -0.383 e. The Balaban J connectivity index is 0.000000568. The van der Waals surface area contributed by atoms with Crippen LogP contribution in [0.15, 0.2) is 55.0 Å². The summed E-state index contributed by atoms with van der Waals surface area (Å²) in [6.45, 7) is 1.56. The van der Waals surface area contributed by atoms with Crippen molar-refractivity contribution in [1.82, 2.24) is 15.0 Å². The number of amides is 2. The molecule has 0 aliphatic heterocycles. The molecular formula is C27H30N8O2. The fraction of sp³-hybridized carbons (Fsp3) is 0.259. The van der Waals surface area contributed by atoms with Gasteiger partial charge in [0.2, 0.25) is 0 Å². The van der Waals surface area contributed by atoms with Crippen LogP contribution in [0.2, 0.25) is 0 Å². The summed E-state index contributed by atoms with van der Waals surface area (Å²) >= 11 is 0. The van der Waals surface area contributed by atoms with Crippen molar-refractivity contribution in [3.8, 4) is 11.8 Å². The SMILES string of the molecule is CC#CC(N)=O.N=C(c1ccc(C(=O)Nc2ccccn2)cc1)c1c(N)ncnc1NC1CCCCC1. The number of aromatic nitrogens is 3. The van der Waals surface area contributed by atoms with Gasteiger partial charge in [0.25, 0.3) is 11.8 Å². The predicted molar refractivity (Wildman–Crippen MR) is 144 cm³/mol. The molecule has 1 aliphatic rings. The Hall–Kier alpha value is -4.78. The standard InChI is InChI=1S/C23H25N7O.C4H5NO/c24-20(19-21(25)27-14-28-22(19)29-17-6-2-1-3-7-17)15-9-11-16(12-10-15)23(31)30-18-8-4-5-13-26-18;1-2-3-4(5)6/h4-5,8-14,17,24H,1-3,6-7H2,(H,26,30,31)(H3,25,27,28,29);1H3,(H2,5,6). The van der Waals surface area contributed by atoms with Crippen LogP contribution in [0.3, 0.4) is 0 Å². The van der Waals surface area contributed by atoms with Gasteiger partial charge in [0, 0.05) is 23.4 Å². The Bertz CT molecular complexity index is 1290. The summed E-state index contributed by atoms with van der Waals surface area (Å²) in [6.07, 6.45) is 8.83. The number of carbonyl (C=O) groups is 2. The van der Waals surface area contributed by atoms with E-state index in [0.29, 0.717) is 34.4 Å². The van der Waals surface area contributed by atoms with Gasteiger partial charge in [-0.3, -0.25) is 15.0 Å². The zero-order valence-corrected chi connectivity index (χ0v) is 20.6. The minimum atomic E-state index is -0.572. The van der Waals surface area contributed by atoms with Gasteiger partial charge in [0.15, 0.2) is 0 Å². The van der Waals surface area contributed by atoms with Crippen LogP contribution >= 0.6 is 0 Å². The molecule has 3 aromatic rings. The molecule has 0 unspecified atom stereocenters. The van der Waals surface area contributed by atoms with Crippen LogP contribution in [0.1, 0.15) is 60.5 Å². The highest BCUT2D eigenvalue weighted by atomic mass is 16.2. The molecule has 0 radical (unpaired) electrons. The lowest BCUT2D eigenvalue weighted by Gasteiger charge is -2.24. The van der Waals surface area contributed by atoms with Crippen molar-refractivity contribution in [2.75, 3.05) is 16.4 Å². The lowest BCUT2D eigenvalue weighted by atomic mass is 9.95. The molecule has 1 fully saturated rings. The molecule has 1 aliphatic carbocycles. The molecule has 0 atom stereocenters. The number of primary amides is 1. The molecule has 190 valence electrons. The Morgan fingerprint density at radius 3 is 2.30 bits per heavy atom. The average Bonchev–Trinajstić information content (AvgIpc) is 2.90. The first-order valence-corrected chi connectivity index (χ1v) is 11.9. The number of benzene rings is 1. The van der Waals surface area contributed by atoms with E-state index in [1.807, 2.05) is 0 Å². The second-order valence-electron chi connectivity index (χ2n) is 8.32. The summed E-state index contributed by atoms with van der Waals surface area (Å²) in [4.78, 5) is 34.6. The molecule has 1 saturated carbocycles. The lowest BCUT2D eigenvalue weighted by Crippen LogP contribution is -2.25. The largest absolute Gasteiger partial charge is 0.383 e. The monoisotopic (exact) mass is 498 g/mol. The maximum atomic E-state index is 12.4. The van der Waals surface area contributed by atoms with Crippen LogP contribution in [-0.2, 0) is 4.79 Å². The van der Waals surface area contributed by atoms with Gasteiger partial charge in [-0.1, -0.05) is 43.4 Å². The zero-order chi connectivity index (χ0) is 26.6. The Morgan fingerprint density at radius 2 is 1.70 bits per heavy atom. The Labute approximate surface area is 215 Å². The number of nitrogens with two attached hydrogens (primary N) is 2. The van der Waals surface area contributed by atoms with Crippen LogP contribution < -0.4 is 22.1 Å². The normalized spacial score (nSPS) is 12.7. The van der Waals surface area contributed by atoms with E-state index in [0.717, 1.165) is 12.8 Å². The van der Waals surface area contributed by atoms with Crippen molar-refractivity contribution in [2.24, 2.45) is 5.73 Å². The quantitative estimate of drug-likeness (QED) is 0.256. The molecule has 0 spiro atoms. The molecule has 4 rings (SSSR count). The topological polar surface area (TPSA) is 173 Å². The molecule has 10 heteroatoms. The number of hydrogen-bond donors (Lipinski definition) is 5. The van der Waals surface area contributed by atoms with Crippen LogP contribution in [-0.4, -0.2) is 38.5 Å². The van der Waals surface area contributed by atoms with E-state index < -0.39 is 5.91 Å². The summed E-state index contributed by atoms with van der Waals surface area (Å²) < 4.78 is 0. The third-order valence-electron chi connectivity index (χ3n) is 5.66. The Morgan fingerprint density at radius 1 is 1.00 bits per heavy atom. The zero-order valence-electron chi connectivity index (χ0n) is 20.6. The number of nitrogens with one attached hydrogen (secondary N) is 3. The van der Waals surface area contributed by atoms with Crippen molar-refractivity contribution in [3.63, 3.8) is 0 Å². The molecule has 37 heavy (non-hydrogen) atoms. The number of rotatable bonds is 6. The van der Waals surface area contributed by atoms with E-state index in [9.17, 15) is 9.59 Å². The van der Waals surface area contributed by atoms with Gasteiger partial charge in [-0.15, -0.1) is 0 Å². The number of carbonyl (C=O) groups excluding carboxylic acids is 2. The second kappa shape index (κ2) is 13.3. The number of pyridine rings is 1. The van der Waals surface area contributed by atoms with Gasteiger partial charge in [-0.25, -0.2) is 15.0 Å². The lowest BCUT2D eigenvalue weighted by molar-refractivity contribution is -0.112. The van der Waals surface area contributed by atoms with E-state index in [2.05, 4.69) is 43.2 Å². The van der Waals surface area contributed by atoms with Gasteiger partial charge < -0.3 is 22.1 Å². The highest BCUT2D eigenvalue weighted by molar-refractivity contribution is 6.16. The predicted octanol–water partition coefficient (Wildman–Crippen LogP) is 3.36. The first-order chi connectivity index (χ1) is 17.9. The third-order valence-corrected chi connectivity index (χ3v) is 5.66. The van der Waals surface area contributed by atoms with Crippen molar-refractivity contribution in [1.29, 1.82) is 5.41 Å².